The summed E-state index contributed by atoms with van der Waals surface area (Å²) in [7, 11) is -3.23. The van der Waals surface area contributed by atoms with Crippen molar-refractivity contribution in [1.29, 1.82) is 0 Å². The normalized spacial score (nSPS) is 14.9. The van der Waals surface area contributed by atoms with Crippen LogP contribution >= 0.6 is 22.7 Å². The SMILES string of the molecule is CCOC(=O)c1c(NC(=O)CCn2cnc3sccc3c2=O)sc2c1CCS(=O)(=O)C2. The molecule has 12 heteroatoms. The molecule has 0 unspecified atom stereocenters. The van der Waals surface area contributed by atoms with Gasteiger partial charge in [0.15, 0.2) is 9.84 Å². The summed E-state index contributed by atoms with van der Waals surface area (Å²) in [5.41, 5.74) is 0.628. The molecule has 0 saturated carbocycles. The second kappa shape index (κ2) is 8.52. The molecular weight excluding hydrogens is 462 g/mol. The molecule has 4 heterocycles. The first-order valence-corrected chi connectivity index (χ1v) is 13.1. The number of ether oxygens (including phenoxy) is 1. The highest BCUT2D eigenvalue weighted by atomic mass is 32.2. The van der Waals surface area contributed by atoms with Gasteiger partial charge in [-0.15, -0.1) is 22.7 Å². The molecule has 0 radical (unpaired) electrons. The fourth-order valence-corrected chi connectivity index (χ4v) is 7.17. The van der Waals surface area contributed by atoms with Gasteiger partial charge in [-0.1, -0.05) is 0 Å². The zero-order valence-corrected chi connectivity index (χ0v) is 19.0. The molecule has 4 rings (SSSR count). The Balaban J connectivity index is 1.54. The number of carbonyl (C=O) groups excluding carboxylic acids is 2. The van der Waals surface area contributed by atoms with E-state index in [0.717, 1.165) is 11.3 Å². The Hall–Kier alpha value is -2.57. The summed E-state index contributed by atoms with van der Waals surface area (Å²) in [5.74, 6) is -1.18. The highest BCUT2D eigenvalue weighted by molar-refractivity contribution is 7.90. The molecule has 0 aliphatic carbocycles. The smallest absolute Gasteiger partial charge is 0.341 e. The van der Waals surface area contributed by atoms with Crippen molar-refractivity contribution in [3.63, 3.8) is 0 Å². The maximum atomic E-state index is 12.6. The average molecular weight is 482 g/mol. The quantitative estimate of drug-likeness (QED) is 0.535. The summed E-state index contributed by atoms with van der Waals surface area (Å²) < 4.78 is 30.5. The van der Waals surface area contributed by atoms with Crippen LogP contribution in [0.15, 0.2) is 22.6 Å². The van der Waals surface area contributed by atoms with E-state index >= 15 is 0 Å². The van der Waals surface area contributed by atoms with Crippen LogP contribution < -0.4 is 10.9 Å². The number of sulfone groups is 1. The average Bonchev–Trinajstić information content (AvgIpc) is 3.31. The van der Waals surface area contributed by atoms with Crippen molar-refractivity contribution in [3.8, 4) is 0 Å². The van der Waals surface area contributed by atoms with Crippen molar-refractivity contribution < 1.29 is 22.7 Å². The summed E-state index contributed by atoms with van der Waals surface area (Å²) in [5, 5.41) is 5.28. The highest BCUT2D eigenvalue weighted by Gasteiger charge is 2.32. The first-order chi connectivity index (χ1) is 14.8. The van der Waals surface area contributed by atoms with E-state index in [1.165, 1.54) is 22.2 Å². The van der Waals surface area contributed by atoms with Crippen LogP contribution in [0.5, 0.6) is 0 Å². The van der Waals surface area contributed by atoms with E-state index < -0.39 is 21.7 Å². The number of aryl methyl sites for hydroxylation is 1. The van der Waals surface area contributed by atoms with Crippen LogP contribution in [0.3, 0.4) is 0 Å². The van der Waals surface area contributed by atoms with Crippen molar-refractivity contribution in [2.45, 2.75) is 32.1 Å². The molecule has 3 aromatic rings. The Kier molecular flexibility index (Phi) is 5.95. The standard InChI is InChI=1S/C19H19N3O6S3/c1-2-28-19(25)15-11-5-8-31(26,27)9-13(11)30-17(15)21-14(23)3-6-22-10-20-16-12(18(22)24)4-7-29-16/h4,7,10H,2-3,5-6,8-9H2,1H3,(H,21,23). The molecule has 0 fully saturated rings. The van der Waals surface area contributed by atoms with Gasteiger partial charge in [0.2, 0.25) is 5.91 Å². The molecular formula is C19H19N3O6S3. The zero-order valence-electron chi connectivity index (χ0n) is 16.5. The molecule has 0 aromatic carbocycles. The van der Waals surface area contributed by atoms with Gasteiger partial charge in [0.1, 0.15) is 9.83 Å². The van der Waals surface area contributed by atoms with Crippen molar-refractivity contribution >= 4 is 59.6 Å². The number of hydrogen-bond donors (Lipinski definition) is 1. The molecule has 1 N–H and O–H groups in total. The summed E-state index contributed by atoms with van der Waals surface area (Å²) in [4.78, 5) is 42.9. The third kappa shape index (κ3) is 4.41. The predicted octanol–water partition coefficient (Wildman–Crippen LogP) is 2.20. The fraction of sp³-hybridized carbons (Fsp3) is 0.368. The number of anilines is 1. The minimum atomic E-state index is -3.23. The number of nitrogens with zero attached hydrogens (tertiary/aromatic N) is 2. The molecule has 1 aliphatic heterocycles. The fourth-order valence-electron chi connectivity index (χ4n) is 3.39. The number of amides is 1. The molecule has 31 heavy (non-hydrogen) atoms. The summed E-state index contributed by atoms with van der Waals surface area (Å²) in [6, 6.07) is 1.70. The van der Waals surface area contributed by atoms with Crippen molar-refractivity contribution in [1.82, 2.24) is 9.55 Å². The van der Waals surface area contributed by atoms with Crippen molar-refractivity contribution in [3.05, 3.63) is 44.1 Å². The Morgan fingerprint density at radius 1 is 1.35 bits per heavy atom. The number of rotatable bonds is 6. The molecule has 0 saturated heterocycles. The minimum absolute atomic E-state index is 0.0135. The van der Waals surface area contributed by atoms with Gasteiger partial charge in [0, 0.05) is 17.8 Å². The molecule has 0 spiro atoms. The lowest BCUT2D eigenvalue weighted by Crippen LogP contribution is -2.23. The molecule has 1 aliphatic rings. The first-order valence-electron chi connectivity index (χ1n) is 9.53. The van der Waals surface area contributed by atoms with Crippen molar-refractivity contribution in [2.24, 2.45) is 0 Å². The molecule has 9 nitrogen and oxygen atoms in total. The lowest BCUT2D eigenvalue weighted by molar-refractivity contribution is -0.116. The Morgan fingerprint density at radius 2 is 2.16 bits per heavy atom. The number of aromatic nitrogens is 2. The van der Waals surface area contributed by atoms with E-state index in [9.17, 15) is 22.8 Å². The van der Waals surface area contributed by atoms with Gasteiger partial charge < -0.3 is 10.1 Å². The maximum Gasteiger partial charge on any atom is 0.341 e. The van der Waals surface area contributed by atoms with Gasteiger partial charge >= 0.3 is 5.97 Å². The van der Waals surface area contributed by atoms with Gasteiger partial charge in [-0.25, -0.2) is 18.2 Å². The van der Waals surface area contributed by atoms with Crippen LogP contribution in [-0.2, 0) is 38.1 Å². The Morgan fingerprint density at radius 3 is 2.94 bits per heavy atom. The van der Waals surface area contributed by atoms with Gasteiger partial charge in [0.05, 0.1) is 35.4 Å². The van der Waals surface area contributed by atoms with Crippen LogP contribution in [0.2, 0.25) is 0 Å². The Bertz CT molecular complexity index is 1340. The third-order valence-corrected chi connectivity index (χ3v) is 8.57. The molecule has 3 aromatic heterocycles. The molecule has 0 bridgehead atoms. The van der Waals surface area contributed by atoms with Gasteiger partial charge in [-0.3, -0.25) is 14.2 Å². The largest absolute Gasteiger partial charge is 0.462 e. The number of thiophene rings is 2. The van der Waals surface area contributed by atoms with Gasteiger partial charge in [0.25, 0.3) is 5.56 Å². The summed E-state index contributed by atoms with van der Waals surface area (Å²) >= 11 is 2.45. The number of esters is 1. The third-order valence-electron chi connectivity index (χ3n) is 4.87. The van der Waals surface area contributed by atoms with Crippen LogP contribution in [0.25, 0.3) is 10.2 Å². The van der Waals surface area contributed by atoms with E-state index in [4.69, 9.17) is 4.74 Å². The number of fused-ring (bicyclic) bond motifs is 2. The second-order valence-corrected chi connectivity index (χ2v) is 11.1. The van der Waals surface area contributed by atoms with Gasteiger partial charge in [-0.2, -0.15) is 0 Å². The van der Waals surface area contributed by atoms with E-state index in [2.05, 4.69) is 10.3 Å². The Labute approximate surface area is 185 Å². The van der Waals surface area contributed by atoms with Crippen LogP contribution in [-0.4, -0.2) is 42.2 Å². The van der Waals surface area contributed by atoms with Gasteiger partial charge in [-0.05, 0) is 30.4 Å². The van der Waals surface area contributed by atoms with E-state index in [1.807, 2.05) is 0 Å². The van der Waals surface area contributed by atoms with Crippen LogP contribution in [0, 0.1) is 0 Å². The first kappa shape index (κ1) is 21.7. The minimum Gasteiger partial charge on any atom is -0.462 e. The topological polar surface area (TPSA) is 124 Å². The number of carbonyl (C=O) groups is 2. The zero-order chi connectivity index (χ0) is 22.2. The lowest BCUT2D eigenvalue weighted by atomic mass is 10.1. The summed E-state index contributed by atoms with van der Waals surface area (Å²) in [6.07, 6.45) is 1.60. The number of nitrogens with one attached hydrogen (secondary N) is 1. The molecule has 0 atom stereocenters. The van der Waals surface area contributed by atoms with Crippen LogP contribution in [0.1, 0.15) is 34.1 Å². The lowest BCUT2D eigenvalue weighted by Gasteiger charge is -2.13. The predicted molar refractivity (Wildman–Crippen MR) is 119 cm³/mol. The van der Waals surface area contributed by atoms with Crippen molar-refractivity contribution in [2.75, 3.05) is 17.7 Å². The molecule has 1 amide bonds. The molecule has 164 valence electrons. The van der Waals surface area contributed by atoms with E-state index in [-0.39, 0.29) is 53.6 Å². The number of hydrogen-bond acceptors (Lipinski definition) is 9. The highest BCUT2D eigenvalue weighted by Crippen LogP contribution is 2.38. The van der Waals surface area contributed by atoms with E-state index in [1.54, 1.807) is 18.4 Å². The van der Waals surface area contributed by atoms with Crippen LogP contribution in [0.4, 0.5) is 5.00 Å². The second-order valence-electron chi connectivity index (χ2n) is 6.95. The van der Waals surface area contributed by atoms with E-state index in [0.29, 0.717) is 20.7 Å². The monoisotopic (exact) mass is 481 g/mol. The maximum absolute atomic E-state index is 12.6. The summed E-state index contributed by atoms with van der Waals surface area (Å²) in [6.45, 7) is 1.96.